The van der Waals surface area contributed by atoms with Crippen LogP contribution in [-0.2, 0) is 31.0 Å². The lowest BCUT2D eigenvalue weighted by atomic mass is 10.1. The molecule has 0 saturated carbocycles. The van der Waals surface area contributed by atoms with E-state index in [0.29, 0.717) is 34.2 Å². The first-order valence-electron chi connectivity index (χ1n) is 16.2. The van der Waals surface area contributed by atoms with Crippen LogP contribution in [0.25, 0.3) is 12.2 Å². The Balaban J connectivity index is 1.51. The molecule has 0 aliphatic rings. The molecule has 278 valence electrons. The highest BCUT2D eigenvalue weighted by Gasteiger charge is 2.39. The second-order valence-electron chi connectivity index (χ2n) is 11.1. The lowest BCUT2D eigenvalue weighted by Gasteiger charge is -2.28. The van der Waals surface area contributed by atoms with Crippen molar-refractivity contribution in [2.24, 2.45) is 0 Å². The highest BCUT2D eigenvalue weighted by Crippen LogP contribution is 2.61. The van der Waals surface area contributed by atoms with Gasteiger partial charge in [0.05, 0.1) is 53.6 Å². The van der Waals surface area contributed by atoms with Crippen molar-refractivity contribution < 1.29 is 55.3 Å². The normalized spacial score (nSPS) is 12.3. The molecule has 0 saturated heterocycles. The zero-order valence-electron chi connectivity index (χ0n) is 29.6. The Bertz CT molecular complexity index is 1860. The number of carbonyl (C=O) groups is 1. The van der Waals surface area contributed by atoms with E-state index in [1.807, 2.05) is 12.2 Å². The molecule has 4 rings (SSSR count). The van der Waals surface area contributed by atoms with E-state index in [1.54, 1.807) is 68.4 Å². The smallest absolute Gasteiger partial charge is 0.416 e. The van der Waals surface area contributed by atoms with Crippen LogP contribution < -0.4 is 29.0 Å². The van der Waals surface area contributed by atoms with Crippen LogP contribution in [0.15, 0.2) is 78.9 Å². The number of hydrogen-bond donors (Lipinski definition) is 1. The molecular weight excluding hydrogens is 702 g/mol. The van der Waals surface area contributed by atoms with Gasteiger partial charge in [0.2, 0.25) is 5.75 Å². The van der Waals surface area contributed by atoms with Crippen molar-refractivity contribution in [3.63, 3.8) is 0 Å². The first-order valence-corrected chi connectivity index (χ1v) is 17.8. The predicted octanol–water partition coefficient (Wildman–Crippen LogP) is 9.44. The maximum atomic E-state index is 13.9. The summed E-state index contributed by atoms with van der Waals surface area (Å²) < 4.78 is 92.9. The van der Waals surface area contributed by atoms with Crippen molar-refractivity contribution in [2.45, 2.75) is 32.2 Å². The molecule has 0 aliphatic heterocycles. The Kier molecular flexibility index (Phi) is 13.8. The van der Waals surface area contributed by atoms with E-state index in [4.69, 9.17) is 32.7 Å². The van der Waals surface area contributed by atoms with Gasteiger partial charge in [0.25, 0.3) is 0 Å². The summed E-state index contributed by atoms with van der Waals surface area (Å²) in [5, 5.41) is 3.03. The van der Waals surface area contributed by atoms with Crippen LogP contribution in [0.2, 0.25) is 0 Å². The predicted molar refractivity (Wildman–Crippen MR) is 192 cm³/mol. The lowest BCUT2D eigenvalue weighted by Crippen LogP contribution is -2.16. The Morgan fingerprint density at radius 1 is 0.750 bits per heavy atom. The van der Waals surface area contributed by atoms with E-state index >= 15 is 0 Å². The topological polar surface area (TPSA) is 111 Å². The first-order chi connectivity index (χ1) is 24.9. The molecule has 0 radical (unpaired) electrons. The molecule has 0 heterocycles. The van der Waals surface area contributed by atoms with Gasteiger partial charge in [-0.3, -0.25) is 9.36 Å². The highest BCUT2D eigenvalue weighted by atomic mass is 31.2. The van der Waals surface area contributed by atoms with Crippen molar-refractivity contribution in [3.8, 4) is 28.7 Å². The largest absolute Gasteiger partial charge is 0.493 e. The molecule has 0 fully saturated rings. The zero-order valence-corrected chi connectivity index (χ0v) is 30.5. The van der Waals surface area contributed by atoms with E-state index in [0.717, 1.165) is 23.3 Å². The number of methoxy groups -OCH3 is 4. The summed E-state index contributed by atoms with van der Waals surface area (Å²) in [5.41, 5.74) is 1.67. The van der Waals surface area contributed by atoms with Gasteiger partial charge in [0, 0.05) is 5.69 Å². The zero-order chi connectivity index (χ0) is 37.9. The van der Waals surface area contributed by atoms with Crippen LogP contribution in [0.3, 0.4) is 0 Å². The number of rotatable bonds is 17. The quantitative estimate of drug-likeness (QED) is 0.0486. The van der Waals surface area contributed by atoms with Crippen LogP contribution in [0.1, 0.15) is 47.4 Å². The van der Waals surface area contributed by atoms with Crippen LogP contribution in [-0.4, -0.2) is 47.6 Å². The van der Waals surface area contributed by atoms with Gasteiger partial charge in [-0.2, -0.15) is 13.2 Å². The van der Waals surface area contributed by atoms with Crippen molar-refractivity contribution in [1.29, 1.82) is 0 Å². The average Bonchev–Trinajstić information content (AvgIpc) is 3.13. The average molecular weight is 744 g/mol. The summed E-state index contributed by atoms with van der Waals surface area (Å²) in [5.74, 6) is 0.218. The summed E-state index contributed by atoms with van der Waals surface area (Å²) >= 11 is 0. The monoisotopic (exact) mass is 743 g/mol. The molecule has 4 aromatic rings. The Morgan fingerprint density at radius 3 is 1.90 bits per heavy atom. The summed E-state index contributed by atoms with van der Waals surface area (Å²) in [4.78, 5) is 13.1. The molecule has 1 unspecified atom stereocenters. The first kappa shape index (κ1) is 39.8. The minimum atomic E-state index is -4.61. The fourth-order valence-corrected chi connectivity index (χ4v) is 7.17. The molecule has 4 aromatic carbocycles. The summed E-state index contributed by atoms with van der Waals surface area (Å²) in [6.45, 7) is 3.24. The second kappa shape index (κ2) is 18.0. The highest BCUT2D eigenvalue weighted by molar-refractivity contribution is 7.54. The van der Waals surface area contributed by atoms with Gasteiger partial charge in [-0.15, -0.1) is 0 Å². The third-order valence-electron chi connectivity index (χ3n) is 7.64. The van der Waals surface area contributed by atoms with E-state index in [2.05, 4.69) is 5.32 Å². The van der Waals surface area contributed by atoms with Gasteiger partial charge in [-0.25, -0.2) is 0 Å². The van der Waals surface area contributed by atoms with Crippen molar-refractivity contribution in [3.05, 3.63) is 107 Å². The number of esters is 1. The fourth-order valence-electron chi connectivity index (χ4n) is 5.25. The van der Waals surface area contributed by atoms with Gasteiger partial charge in [0.15, 0.2) is 28.8 Å². The molecule has 52 heavy (non-hydrogen) atoms. The Hall–Kier alpha value is -4.97. The summed E-state index contributed by atoms with van der Waals surface area (Å²) in [7, 11) is 2.07. The minimum absolute atomic E-state index is 0.00652. The number of hydrogen-bond acceptors (Lipinski definition) is 10. The Labute approximate surface area is 300 Å². The molecule has 10 nitrogen and oxygen atoms in total. The third-order valence-corrected chi connectivity index (χ3v) is 9.93. The molecule has 1 atom stereocenters. The van der Waals surface area contributed by atoms with Crippen molar-refractivity contribution in [1.82, 2.24) is 0 Å². The van der Waals surface area contributed by atoms with Crippen molar-refractivity contribution >= 4 is 31.4 Å². The molecule has 14 heteroatoms. The van der Waals surface area contributed by atoms with Gasteiger partial charge >= 0.3 is 19.7 Å². The number of carbonyl (C=O) groups excluding carboxylic acids is 1. The number of benzene rings is 4. The number of alkyl halides is 3. The SMILES string of the molecule is CCOP(=O)(OCC)C(Nc1ccc(CC(=O)Oc2cc(/C=C\c3cc(OC)c(OC)c(OC)c3)ccc2OC)cc1)c1cccc(C(F)(F)F)c1. The molecule has 0 aromatic heterocycles. The minimum Gasteiger partial charge on any atom is -0.493 e. The molecule has 0 aliphatic carbocycles. The van der Waals surface area contributed by atoms with Gasteiger partial charge in [0.1, 0.15) is 0 Å². The lowest BCUT2D eigenvalue weighted by molar-refractivity contribution is -0.137. The Morgan fingerprint density at radius 2 is 1.35 bits per heavy atom. The van der Waals surface area contributed by atoms with E-state index in [1.165, 1.54) is 40.6 Å². The summed E-state index contributed by atoms with van der Waals surface area (Å²) in [6, 6.07) is 19.8. The fraction of sp³-hybridized carbons (Fsp3) is 0.289. The standard InChI is InChI=1S/C38H41F3NO9P/c1-7-49-52(44,50-8-2)37(28-10-9-11-29(24-28)38(39,40)41)42-30-17-14-26(15-18-30)23-35(43)51-32-20-25(16-19-31(32)45-3)12-13-27-21-33(46-4)36(48-6)34(22-27)47-5/h9-22,24,37,42H,7-8,23H2,1-6H3/b13-12-. The van der Waals surface area contributed by atoms with E-state index in [9.17, 15) is 22.5 Å². The van der Waals surface area contributed by atoms with Crippen LogP contribution >= 0.6 is 7.60 Å². The van der Waals surface area contributed by atoms with Crippen LogP contribution in [0.4, 0.5) is 18.9 Å². The maximum Gasteiger partial charge on any atom is 0.416 e. The van der Waals surface area contributed by atoms with Gasteiger partial charge < -0.3 is 38.0 Å². The van der Waals surface area contributed by atoms with E-state index < -0.39 is 31.1 Å². The second-order valence-corrected chi connectivity index (χ2v) is 13.2. The molecular formula is C38H41F3NO9P. The van der Waals surface area contributed by atoms with E-state index in [-0.39, 0.29) is 30.9 Å². The summed E-state index contributed by atoms with van der Waals surface area (Å²) in [6.07, 6.45) is -1.05. The van der Waals surface area contributed by atoms with Gasteiger partial charge in [-0.1, -0.05) is 42.5 Å². The molecule has 0 bridgehead atoms. The van der Waals surface area contributed by atoms with Crippen LogP contribution in [0.5, 0.6) is 28.7 Å². The van der Waals surface area contributed by atoms with Crippen LogP contribution in [0, 0.1) is 0 Å². The third kappa shape index (κ3) is 10.1. The molecule has 1 N–H and O–H groups in total. The molecule has 0 spiro atoms. The number of ether oxygens (including phenoxy) is 5. The maximum absolute atomic E-state index is 13.9. The number of nitrogens with one attached hydrogen (secondary N) is 1. The number of halogens is 3. The van der Waals surface area contributed by atoms with Crippen molar-refractivity contribution in [2.75, 3.05) is 47.0 Å². The van der Waals surface area contributed by atoms with Gasteiger partial charge in [-0.05, 0) is 84.6 Å². The number of anilines is 1. The molecule has 0 amide bonds.